The Morgan fingerprint density at radius 1 is 1.36 bits per heavy atom. The predicted molar refractivity (Wildman–Crippen MR) is 88.4 cm³/mol. The van der Waals surface area contributed by atoms with Gasteiger partial charge in [0.15, 0.2) is 5.16 Å². The second kappa shape index (κ2) is 7.67. The molecular formula is C14H13Cl2N3O2S. The van der Waals surface area contributed by atoms with Gasteiger partial charge in [-0.3, -0.25) is 0 Å². The molecule has 0 fully saturated rings. The van der Waals surface area contributed by atoms with Crippen molar-refractivity contribution in [3.05, 3.63) is 45.6 Å². The van der Waals surface area contributed by atoms with Crippen LogP contribution in [0, 0.1) is 0 Å². The average molecular weight is 358 g/mol. The number of esters is 1. The number of carbonyl (C=O) groups excluding carboxylic acids is 1. The summed E-state index contributed by atoms with van der Waals surface area (Å²) in [5, 5.41) is 1.59. The summed E-state index contributed by atoms with van der Waals surface area (Å²) in [6.07, 6.45) is 1.36. The number of hydrogen-bond acceptors (Lipinski definition) is 6. The van der Waals surface area contributed by atoms with E-state index in [0.717, 1.165) is 5.56 Å². The summed E-state index contributed by atoms with van der Waals surface area (Å²) in [7, 11) is 0. The second-order valence-corrected chi connectivity index (χ2v) is 5.92. The number of halogens is 2. The number of nitrogens with two attached hydrogens (primary N) is 1. The van der Waals surface area contributed by atoms with E-state index in [9.17, 15) is 4.79 Å². The minimum absolute atomic E-state index is 0.0844. The van der Waals surface area contributed by atoms with Gasteiger partial charge in [0.2, 0.25) is 0 Å². The van der Waals surface area contributed by atoms with Crippen LogP contribution in [0.1, 0.15) is 22.8 Å². The third-order valence-corrected chi connectivity index (χ3v) is 4.29. The minimum atomic E-state index is -0.536. The second-order valence-electron chi connectivity index (χ2n) is 4.16. The Labute approximate surface area is 142 Å². The van der Waals surface area contributed by atoms with Gasteiger partial charge in [0.05, 0.1) is 6.61 Å². The third-order valence-electron chi connectivity index (χ3n) is 2.70. The number of thioether (sulfide) groups is 1. The summed E-state index contributed by atoms with van der Waals surface area (Å²) >= 11 is 13.5. The molecule has 0 spiro atoms. The first kappa shape index (κ1) is 16.9. The monoisotopic (exact) mass is 357 g/mol. The maximum absolute atomic E-state index is 11.6. The molecule has 0 atom stereocenters. The van der Waals surface area contributed by atoms with Crippen molar-refractivity contribution < 1.29 is 9.53 Å². The van der Waals surface area contributed by atoms with Crippen LogP contribution < -0.4 is 5.73 Å². The van der Waals surface area contributed by atoms with Crippen LogP contribution in [0.15, 0.2) is 29.6 Å². The van der Waals surface area contributed by atoms with Gasteiger partial charge >= 0.3 is 5.97 Å². The topological polar surface area (TPSA) is 78.1 Å². The lowest BCUT2D eigenvalue weighted by molar-refractivity contribution is 0.0526. The fourth-order valence-corrected chi connectivity index (χ4v) is 3.18. The first-order chi connectivity index (χ1) is 10.5. The molecule has 0 saturated carbocycles. The quantitative estimate of drug-likeness (QED) is 0.497. The zero-order valence-electron chi connectivity index (χ0n) is 11.7. The van der Waals surface area contributed by atoms with E-state index in [4.69, 9.17) is 33.7 Å². The van der Waals surface area contributed by atoms with Crippen LogP contribution in [-0.2, 0) is 10.5 Å². The molecule has 1 aromatic carbocycles. The van der Waals surface area contributed by atoms with Crippen molar-refractivity contribution in [2.75, 3.05) is 12.3 Å². The van der Waals surface area contributed by atoms with E-state index in [1.807, 2.05) is 0 Å². The Morgan fingerprint density at radius 3 is 2.64 bits per heavy atom. The molecule has 1 heterocycles. The summed E-state index contributed by atoms with van der Waals surface area (Å²) in [6, 6.07) is 5.31. The van der Waals surface area contributed by atoms with Gasteiger partial charge in [0.1, 0.15) is 11.4 Å². The number of nitrogen functional groups attached to an aromatic ring is 1. The molecule has 0 bridgehead atoms. The van der Waals surface area contributed by atoms with Gasteiger partial charge < -0.3 is 10.5 Å². The number of rotatable bonds is 5. The molecule has 2 N–H and O–H groups in total. The molecule has 0 aliphatic carbocycles. The van der Waals surface area contributed by atoms with Crippen LogP contribution in [0.4, 0.5) is 5.82 Å². The highest BCUT2D eigenvalue weighted by Gasteiger charge is 2.14. The van der Waals surface area contributed by atoms with Gasteiger partial charge in [-0.1, -0.05) is 41.0 Å². The van der Waals surface area contributed by atoms with Gasteiger partial charge in [-0.25, -0.2) is 14.8 Å². The fraction of sp³-hybridized carbons (Fsp3) is 0.214. The van der Waals surface area contributed by atoms with E-state index >= 15 is 0 Å². The van der Waals surface area contributed by atoms with E-state index < -0.39 is 5.97 Å². The lowest BCUT2D eigenvalue weighted by Crippen LogP contribution is -2.10. The standard InChI is InChI=1S/C14H13Cl2N3O2S/c1-2-21-13(20)8-6-18-14(19-12(8)17)22-7-9-10(15)4-3-5-11(9)16/h3-6H,2,7H2,1H3,(H2,17,18,19). The molecule has 8 heteroatoms. The number of ether oxygens (including phenoxy) is 1. The molecule has 0 aliphatic heterocycles. The van der Waals surface area contributed by atoms with Crippen LogP contribution in [-0.4, -0.2) is 22.5 Å². The first-order valence-electron chi connectivity index (χ1n) is 6.38. The van der Waals surface area contributed by atoms with Gasteiger partial charge in [-0.05, 0) is 24.6 Å². The van der Waals surface area contributed by atoms with Crippen LogP contribution in [0.3, 0.4) is 0 Å². The van der Waals surface area contributed by atoms with Crippen LogP contribution >= 0.6 is 35.0 Å². The Morgan fingerprint density at radius 2 is 2.05 bits per heavy atom. The zero-order chi connectivity index (χ0) is 16.1. The largest absolute Gasteiger partial charge is 0.462 e. The third kappa shape index (κ3) is 4.03. The zero-order valence-corrected chi connectivity index (χ0v) is 14.0. The summed E-state index contributed by atoms with van der Waals surface area (Å²) in [5.41, 5.74) is 6.72. The molecule has 5 nitrogen and oxygen atoms in total. The highest BCUT2D eigenvalue weighted by molar-refractivity contribution is 7.98. The van der Waals surface area contributed by atoms with E-state index in [2.05, 4.69) is 9.97 Å². The Balaban J connectivity index is 2.11. The Kier molecular flexibility index (Phi) is 5.88. The van der Waals surface area contributed by atoms with E-state index in [1.165, 1.54) is 18.0 Å². The van der Waals surface area contributed by atoms with Crippen molar-refractivity contribution in [1.82, 2.24) is 9.97 Å². The molecule has 2 rings (SSSR count). The number of anilines is 1. The number of carbonyl (C=O) groups is 1. The summed E-state index contributed by atoms with van der Waals surface area (Å²) < 4.78 is 4.87. The van der Waals surface area contributed by atoms with E-state index in [1.54, 1.807) is 25.1 Å². The van der Waals surface area contributed by atoms with Crippen LogP contribution in [0.5, 0.6) is 0 Å². The van der Waals surface area contributed by atoms with Gasteiger partial charge in [-0.15, -0.1) is 0 Å². The van der Waals surface area contributed by atoms with Gasteiger partial charge in [0, 0.05) is 22.0 Å². The molecule has 0 radical (unpaired) electrons. The Hall–Kier alpha value is -1.50. The highest BCUT2D eigenvalue weighted by atomic mass is 35.5. The minimum Gasteiger partial charge on any atom is -0.462 e. The molecular weight excluding hydrogens is 345 g/mol. The SMILES string of the molecule is CCOC(=O)c1cnc(SCc2c(Cl)cccc2Cl)nc1N. The number of hydrogen-bond donors (Lipinski definition) is 1. The van der Waals surface area contributed by atoms with Crippen LogP contribution in [0.2, 0.25) is 10.0 Å². The van der Waals surface area contributed by atoms with Crippen molar-refractivity contribution >= 4 is 46.8 Å². The van der Waals surface area contributed by atoms with Crippen molar-refractivity contribution in [3.63, 3.8) is 0 Å². The number of aromatic nitrogens is 2. The van der Waals surface area contributed by atoms with Gasteiger partial charge in [0.25, 0.3) is 0 Å². The Bertz CT molecular complexity index is 678. The average Bonchev–Trinajstić information content (AvgIpc) is 2.47. The highest BCUT2D eigenvalue weighted by Crippen LogP contribution is 2.30. The first-order valence-corrected chi connectivity index (χ1v) is 8.12. The normalized spacial score (nSPS) is 10.5. The fourth-order valence-electron chi connectivity index (χ4n) is 1.62. The summed E-state index contributed by atoms with van der Waals surface area (Å²) in [4.78, 5) is 19.8. The summed E-state index contributed by atoms with van der Waals surface area (Å²) in [5.74, 6) is 0.0448. The van der Waals surface area contributed by atoms with Crippen molar-refractivity contribution in [3.8, 4) is 0 Å². The van der Waals surface area contributed by atoms with Crippen LogP contribution in [0.25, 0.3) is 0 Å². The molecule has 0 amide bonds. The molecule has 0 unspecified atom stereocenters. The molecule has 2 aromatic rings. The lowest BCUT2D eigenvalue weighted by atomic mass is 10.2. The van der Waals surface area contributed by atoms with Gasteiger partial charge in [-0.2, -0.15) is 0 Å². The van der Waals surface area contributed by atoms with Crippen molar-refractivity contribution in [2.45, 2.75) is 17.8 Å². The predicted octanol–water partition coefficient (Wildman–Crippen LogP) is 3.83. The molecule has 0 saturated heterocycles. The summed E-state index contributed by atoms with van der Waals surface area (Å²) in [6.45, 7) is 1.98. The molecule has 116 valence electrons. The smallest absolute Gasteiger partial charge is 0.343 e. The number of benzene rings is 1. The molecule has 0 aliphatic rings. The number of nitrogens with zero attached hydrogens (tertiary/aromatic N) is 2. The lowest BCUT2D eigenvalue weighted by Gasteiger charge is -2.07. The molecule has 22 heavy (non-hydrogen) atoms. The van der Waals surface area contributed by atoms with E-state index in [-0.39, 0.29) is 18.0 Å². The van der Waals surface area contributed by atoms with Crippen molar-refractivity contribution in [2.24, 2.45) is 0 Å². The maximum atomic E-state index is 11.6. The maximum Gasteiger partial charge on any atom is 0.343 e. The van der Waals surface area contributed by atoms with Crippen molar-refractivity contribution in [1.29, 1.82) is 0 Å². The van der Waals surface area contributed by atoms with E-state index in [0.29, 0.717) is 21.0 Å². The molecule has 1 aromatic heterocycles.